The van der Waals surface area contributed by atoms with Crippen LogP contribution in [-0.4, -0.2) is 28.1 Å². The number of aryl methyl sites for hydroxylation is 1. The van der Waals surface area contributed by atoms with Gasteiger partial charge in [0.2, 0.25) is 0 Å². The van der Waals surface area contributed by atoms with E-state index in [9.17, 15) is 21.2 Å². The van der Waals surface area contributed by atoms with E-state index in [4.69, 9.17) is 0 Å². The second kappa shape index (κ2) is 5.65. The van der Waals surface area contributed by atoms with Crippen molar-refractivity contribution in [3.8, 4) is 0 Å². The zero-order valence-corrected chi connectivity index (χ0v) is 13.4. The van der Waals surface area contributed by atoms with Gasteiger partial charge in [0.15, 0.2) is 9.84 Å². The fourth-order valence-electron chi connectivity index (χ4n) is 1.67. The van der Waals surface area contributed by atoms with E-state index in [1.54, 1.807) is 13.0 Å². The van der Waals surface area contributed by atoms with Crippen molar-refractivity contribution < 1.29 is 21.2 Å². The van der Waals surface area contributed by atoms with E-state index in [1.807, 2.05) is 0 Å². The molecule has 0 atom stereocenters. The van der Waals surface area contributed by atoms with Gasteiger partial charge < -0.3 is 0 Å². The van der Waals surface area contributed by atoms with Crippen molar-refractivity contribution >= 4 is 25.7 Å². The highest BCUT2D eigenvalue weighted by Crippen LogP contribution is 2.20. The summed E-state index contributed by atoms with van der Waals surface area (Å²) in [4.78, 5) is 2.94. The van der Waals surface area contributed by atoms with Gasteiger partial charge in [0, 0.05) is 12.5 Å². The molecule has 118 valence electrons. The first kappa shape index (κ1) is 16.4. The molecule has 1 aromatic carbocycles. The van der Waals surface area contributed by atoms with Gasteiger partial charge in [-0.05, 0) is 36.8 Å². The Hall–Kier alpha value is -2.00. The molecule has 0 radical (unpaired) electrons. The van der Waals surface area contributed by atoms with Crippen LogP contribution < -0.4 is 4.72 Å². The highest BCUT2D eigenvalue weighted by molar-refractivity contribution is 7.92. The van der Waals surface area contributed by atoms with Crippen LogP contribution in [0.25, 0.3) is 0 Å². The third-order valence-electron chi connectivity index (χ3n) is 2.76. The molecular formula is C13H13FN2O4S2. The Morgan fingerprint density at radius 3 is 2.27 bits per heavy atom. The van der Waals surface area contributed by atoms with E-state index in [-0.39, 0.29) is 10.7 Å². The van der Waals surface area contributed by atoms with Gasteiger partial charge in [-0.25, -0.2) is 26.2 Å². The Balaban J connectivity index is 2.38. The summed E-state index contributed by atoms with van der Waals surface area (Å²) in [5, 5.41) is 0. The molecule has 22 heavy (non-hydrogen) atoms. The number of nitrogens with zero attached hydrogens (tertiary/aromatic N) is 1. The minimum Gasteiger partial charge on any atom is -0.263 e. The van der Waals surface area contributed by atoms with E-state index in [2.05, 4.69) is 9.71 Å². The average Bonchev–Trinajstić information content (AvgIpc) is 2.39. The van der Waals surface area contributed by atoms with Crippen LogP contribution in [0.4, 0.5) is 10.2 Å². The first-order chi connectivity index (χ1) is 10.1. The Labute approximate surface area is 128 Å². The first-order valence-electron chi connectivity index (χ1n) is 6.05. The number of hydrogen-bond acceptors (Lipinski definition) is 5. The van der Waals surface area contributed by atoms with Crippen molar-refractivity contribution in [1.82, 2.24) is 4.98 Å². The lowest BCUT2D eigenvalue weighted by atomic mass is 10.3. The molecule has 0 saturated carbocycles. The molecule has 0 aliphatic carbocycles. The molecule has 0 amide bonds. The number of benzene rings is 1. The van der Waals surface area contributed by atoms with Crippen LogP contribution >= 0.6 is 0 Å². The topological polar surface area (TPSA) is 93.2 Å². The van der Waals surface area contributed by atoms with E-state index >= 15 is 0 Å². The summed E-state index contributed by atoms with van der Waals surface area (Å²) in [6.45, 7) is 1.80. The fraction of sp³-hybridized carbons (Fsp3) is 0.154. The smallest absolute Gasteiger partial charge is 0.263 e. The van der Waals surface area contributed by atoms with Crippen molar-refractivity contribution in [3.63, 3.8) is 0 Å². The van der Waals surface area contributed by atoms with Crippen LogP contribution in [-0.2, 0) is 19.9 Å². The highest BCUT2D eigenvalue weighted by Gasteiger charge is 2.20. The van der Waals surface area contributed by atoms with Gasteiger partial charge in [0.1, 0.15) is 16.5 Å². The maximum absolute atomic E-state index is 13.8. The number of hydrogen-bond donors (Lipinski definition) is 1. The van der Waals surface area contributed by atoms with Gasteiger partial charge in [-0.2, -0.15) is 0 Å². The van der Waals surface area contributed by atoms with Crippen molar-refractivity contribution in [2.45, 2.75) is 16.7 Å². The van der Waals surface area contributed by atoms with E-state index < -0.39 is 30.6 Å². The number of aromatic nitrogens is 1. The fourth-order valence-corrected chi connectivity index (χ4v) is 3.42. The van der Waals surface area contributed by atoms with E-state index in [1.165, 1.54) is 12.3 Å². The molecule has 0 saturated heterocycles. The van der Waals surface area contributed by atoms with E-state index in [0.29, 0.717) is 6.07 Å². The molecule has 0 bridgehead atoms. The van der Waals surface area contributed by atoms with Gasteiger partial charge in [-0.15, -0.1) is 0 Å². The van der Waals surface area contributed by atoms with Crippen LogP contribution in [0.2, 0.25) is 0 Å². The summed E-state index contributed by atoms with van der Waals surface area (Å²) >= 11 is 0. The number of sulfone groups is 1. The lowest BCUT2D eigenvalue weighted by Gasteiger charge is -2.08. The highest BCUT2D eigenvalue weighted by atomic mass is 32.2. The molecule has 1 heterocycles. The van der Waals surface area contributed by atoms with Crippen LogP contribution in [0.1, 0.15) is 5.56 Å². The predicted octanol–water partition coefficient (Wildman–Crippen LogP) is 1.73. The van der Waals surface area contributed by atoms with Crippen LogP contribution in [0, 0.1) is 12.7 Å². The number of nitrogens with one attached hydrogen (secondary N) is 1. The Kier molecular flexibility index (Phi) is 4.21. The summed E-state index contributed by atoms with van der Waals surface area (Å²) in [6.07, 6.45) is 2.32. The maximum Gasteiger partial charge on any atom is 0.263 e. The molecule has 0 unspecified atom stereocenters. The molecule has 6 nitrogen and oxygen atoms in total. The number of rotatable bonds is 4. The summed E-state index contributed by atoms with van der Waals surface area (Å²) in [5.74, 6) is -1.04. The average molecular weight is 344 g/mol. The lowest BCUT2D eigenvalue weighted by Crippen LogP contribution is -2.14. The Bertz CT molecular complexity index is 908. The standard InChI is InChI=1S/C13H13FN2O4S2/c1-9-3-6-13(15-8-9)16-22(19,20)10-4-5-12(11(14)7-10)21(2,17)18/h3-8H,1-2H3,(H,15,16). The second-order valence-corrected chi connectivity index (χ2v) is 8.36. The summed E-state index contributed by atoms with van der Waals surface area (Å²) in [6, 6.07) is 5.73. The van der Waals surface area contributed by atoms with Gasteiger partial charge in [0.25, 0.3) is 10.0 Å². The third-order valence-corrected chi connectivity index (χ3v) is 5.25. The van der Waals surface area contributed by atoms with Gasteiger partial charge in [0.05, 0.1) is 4.90 Å². The van der Waals surface area contributed by atoms with Crippen LogP contribution in [0.15, 0.2) is 46.3 Å². The van der Waals surface area contributed by atoms with Crippen molar-refractivity contribution in [2.75, 3.05) is 11.0 Å². The van der Waals surface area contributed by atoms with Crippen LogP contribution in [0.5, 0.6) is 0 Å². The lowest BCUT2D eigenvalue weighted by molar-refractivity contribution is 0.564. The number of sulfonamides is 1. The quantitative estimate of drug-likeness (QED) is 0.912. The summed E-state index contributed by atoms with van der Waals surface area (Å²) in [5.41, 5.74) is 0.853. The summed E-state index contributed by atoms with van der Waals surface area (Å²) in [7, 11) is -7.82. The minimum absolute atomic E-state index is 0.0817. The largest absolute Gasteiger partial charge is 0.263 e. The van der Waals surface area contributed by atoms with Crippen LogP contribution in [0.3, 0.4) is 0 Å². The van der Waals surface area contributed by atoms with Crippen molar-refractivity contribution in [3.05, 3.63) is 47.9 Å². The number of anilines is 1. The van der Waals surface area contributed by atoms with Crippen molar-refractivity contribution in [2.24, 2.45) is 0 Å². The molecule has 0 aliphatic rings. The van der Waals surface area contributed by atoms with E-state index in [0.717, 1.165) is 24.0 Å². The zero-order chi connectivity index (χ0) is 16.5. The molecule has 2 rings (SSSR count). The molecule has 0 fully saturated rings. The van der Waals surface area contributed by atoms with Crippen molar-refractivity contribution in [1.29, 1.82) is 0 Å². The molecule has 9 heteroatoms. The molecule has 1 N–H and O–H groups in total. The number of pyridine rings is 1. The molecule has 1 aromatic heterocycles. The van der Waals surface area contributed by atoms with Gasteiger partial charge in [-0.3, -0.25) is 4.72 Å². The third kappa shape index (κ3) is 3.60. The normalized spacial score (nSPS) is 12.1. The predicted molar refractivity (Wildman–Crippen MR) is 79.3 cm³/mol. The minimum atomic E-state index is -4.06. The molecular weight excluding hydrogens is 331 g/mol. The van der Waals surface area contributed by atoms with Gasteiger partial charge in [-0.1, -0.05) is 6.07 Å². The maximum atomic E-state index is 13.8. The Morgan fingerprint density at radius 1 is 1.09 bits per heavy atom. The number of halogens is 1. The molecule has 0 spiro atoms. The molecule has 0 aliphatic heterocycles. The first-order valence-corrected chi connectivity index (χ1v) is 9.42. The zero-order valence-electron chi connectivity index (χ0n) is 11.7. The molecule has 2 aromatic rings. The monoisotopic (exact) mass is 344 g/mol. The SMILES string of the molecule is Cc1ccc(NS(=O)(=O)c2ccc(S(C)(=O)=O)c(F)c2)nc1. The Morgan fingerprint density at radius 2 is 1.77 bits per heavy atom. The van der Waals surface area contributed by atoms with Gasteiger partial charge >= 0.3 is 0 Å². The second-order valence-electron chi connectivity index (χ2n) is 4.69. The summed E-state index contributed by atoms with van der Waals surface area (Å²) < 4.78 is 62.9.